The van der Waals surface area contributed by atoms with Gasteiger partial charge in [0.25, 0.3) is 10.0 Å². The molecule has 0 bridgehead atoms. The van der Waals surface area contributed by atoms with E-state index in [2.05, 4.69) is 30.6 Å². The number of hydrogen-bond acceptors (Lipinski definition) is 7. The van der Waals surface area contributed by atoms with Gasteiger partial charge in [-0.25, -0.2) is 23.4 Å². The Morgan fingerprint density at radius 3 is 2.62 bits per heavy atom. The number of rotatable bonds is 7. The third kappa shape index (κ3) is 5.78. The first-order valence-corrected chi connectivity index (χ1v) is 13.0. The van der Waals surface area contributed by atoms with Gasteiger partial charge < -0.3 is 9.64 Å². The lowest BCUT2D eigenvalue weighted by Crippen LogP contribution is -2.46. The summed E-state index contributed by atoms with van der Waals surface area (Å²) in [6, 6.07) is 10.9. The zero-order valence-corrected chi connectivity index (χ0v) is 21.1. The van der Waals surface area contributed by atoms with Crippen LogP contribution in [0.1, 0.15) is 30.7 Å². The van der Waals surface area contributed by atoms with Gasteiger partial charge >= 0.3 is 0 Å². The Hall–Kier alpha value is -2.46. The maximum Gasteiger partial charge on any atom is 0.264 e. The van der Waals surface area contributed by atoms with Gasteiger partial charge in [-0.2, -0.15) is 0 Å². The van der Waals surface area contributed by atoms with E-state index in [-0.39, 0.29) is 33.8 Å². The second kappa shape index (κ2) is 10.4. The summed E-state index contributed by atoms with van der Waals surface area (Å²) in [6.45, 7) is 0. The fourth-order valence-electron chi connectivity index (χ4n) is 4.20. The molecule has 3 aromatic rings. The minimum absolute atomic E-state index is 0.0858. The Balaban J connectivity index is 1.48. The van der Waals surface area contributed by atoms with Gasteiger partial charge in [0.05, 0.1) is 6.20 Å². The highest BCUT2D eigenvalue weighted by atomic mass is 35.5. The molecule has 2 heterocycles. The van der Waals surface area contributed by atoms with E-state index in [4.69, 9.17) is 27.9 Å². The van der Waals surface area contributed by atoms with Crippen LogP contribution in [0.5, 0.6) is 5.88 Å². The molecular weight excluding hydrogens is 497 g/mol. The van der Waals surface area contributed by atoms with Gasteiger partial charge in [0.1, 0.15) is 28.2 Å². The molecule has 1 aliphatic carbocycles. The van der Waals surface area contributed by atoms with Gasteiger partial charge in [-0.15, -0.1) is 0 Å². The molecule has 0 radical (unpaired) electrons. The number of ether oxygens (including phenoxy) is 1. The number of sulfonamides is 1. The molecule has 8 nitrogen and oxygen atoms in total. The molecule has 0 aliphatic heterocycles. The Kier molecular flexibility index (Phi) is 7.57. The molecule has 11 heteroatoms. The zero-order valence-electron chi connectivity index (χ0n) is 18.7. The fourth-order valence-corrected chi connectivity index (χ4v) is 5.65. The molecule has 34 heavy (non-hydrogen) atoms. The molecule has 1 N–H and O–H groups in total. The molecule has 2 aromatic heterocycles. The van der Waals surface area contributed by atoms with Gasteiger partial charge in [0, 0.05) is 17.3 Å². The molecule has 1 fully saturated rings. The summed E-state index contributed by atoms with van der Waals surface area (Å²) >= 11 is 12.6. The van der Waals surface area contributed by atoms with Crippen molar-refractivity contribution in [2.24, 2.45) is 0 Å². The van der Waals surface area contributed by atoms with Crippen molar-refractivity contribution in [3.05, 3.63) is 70.7 Å². The fraction of sp³-hybridized carbons (Fsp3) is 0.348. The van der Waals surface area contributed by atoms with Crippen LogP contribution in [0.25, 0.3) is 0 Å². The molecule has 1 aromatic carbocycles. The molecule has 3 atom stereocenters. The van der Waals surface area contributed by atoms with E-state index in [1.165, 1.54) is 36.4 Å². The van der Waals surface area contributed by atoms with E-state index in [0.29, 0.717) is 5.92 Å². The van der Waals surface area contributed by atoms with Crippen LogP contribution in [0, 0.1) is 0 Å². The molecule has 4 rings (SSSR count). The predicted molar refractivity (Wildman–Crippen MR) is 132 cm³/mol. The van der Waals surface area contributed by atoms with E-state index in [1.807, 2.05) is 32.3 Å². The maximum atomic E-state index is 12.7. The summed E-state index contributed by atoms with van der Waals surface area (Å²) in [4.78, 5) is 13.9. The Labute approximate surface area is 209 Å². The highest BCUT2D eigenvalue weighted by molar-refractivity contribution is 7.92. The molecular formula is C23H25Cl2N5O3S. The van der Waals surface area contributed by atoms with Crippen LogP contribution in [0.3, 0.4) is 0 Å². The predicted octanol–water partition coefficient (Wildman–Crippen LogP) is 4.62. The number of benzene rings is 1. The number of nitrogens with zero attached hydrogens (tertiary/aromatic N) is 4. The lowest BCUT2D eigenvalue weighted by Gasteiger charge is -2.39. The van der Waals surface area contributed by atoms with Crippen molar-refractivity contribution in [2.75, 3.05) is 18.8 Å². The van der Waals surface area contributed by atoms with Gasteiger partial charge in [0.2, 0.25) is 5.88 Å². The molecule has 180 valence electrons. The Morgan fingerprint density at radius 1 is 1.12 bits per heavy atom. The highest BCUT2D eigenvalue weighted by Gasteiger charge is 2.35. The summed E-state index contributed by atoms with van der Waals surface area (Å²) in [7, 11) is 0.124. The van der Waals surface area contributed by atoms with Gasteiger partial charge in [-0.3, -0.25) is 4.72 Å². The largest absolute Gasteiger partial charge is 0.472 e. The summed E-state index contributed by atoms with van der Waals surface area (Å²) in [5.74, 6) is 0.729. The van der Waals surface area contributed by atoms with Crippen molar-refractivity contribution in [2.45, 2.75) is 42.2 Å². The number of nitrogens with one attached hydrogen (secondary N) is 1. The first-order chi connectivity index (χ1) is 16.2. The molecule has 3 unspecified atom stereocenters. The van der Waals surface area contributed by atoms with Gasteiger partial charge in [-0.05, 0) is 69.1 Å². The van der Waals surface area contributed by atoms with Gasteiger partial charge in [-0.1, -0.05) is 35.3 Å². The second-order valence-corrected chi connectivity index (χ2v) is 10.9. The maximum absolute atomic E-state index is 12.7. The molecule has 0 spiro atoms. The number of likely N-dealkylation sites (N-methyl/N-ethyl adjacent to an activating group) is 1. The van der Waals surface area contributed by atoms with E-state index in [9.17, 15) is 8.42 Å². The minimum Gasteiger partial charge on any atom is -0.472 e. The normalized spacial score (nSPS) is 20.8. The smallest absolute Gasteiger partial charge is 0.264 e. The van der Waals surface area contributed by atoms with Crippen LogP contribution in [0.15, 0.2) is 60.0 Å². The molecule has 1 saturated carbocycles. The van der Waals surface area contributed by atoms with Crippen LogP contribution in [0.4, 0.5) is 5.82 Å². The third-order valence-corrected chi connectivity index (χ3v) is 7.74. The highest BCUT2D eigenvalue weighted by Crippen LogP contribution is 2.38. The van der Waals surface area contributed by atoms with Crippen LogP contribution in [-0.2, 0) is 10.0 Å². The van der Waals surface area contributed by atoms with Gasteiger partial charge in [0.15, 0.2) is 0 Å². The second-order valence-electron chi connectivity index (χ2n) is 8.41. The zero-order chi connectivity index (χ0) is 24.3. The SMILES string of the molecule is CN(C)C1CC(c2cccc(Cl)c2)CCC1Oc1ncc(S(=O)(=O)Nc2ccncn2)cc1Cl. The summed E-state index contributed by atoms with van der Waals surface area (Å²) in [5, 5.41) is 0.859. The first kappa shape index (κ1) is 24.7. The van der Waals surface area contributed by atoms with Crippen molar-refractivity contribution in [1.29, 1.82) is 0 Å². The summed E-state index contributed by atoms with van der Waals surface area (Å²) in [6.07, 6.45) is 6.41. The standard InChI is InChI=1S/C23H25Cl2N5O3S/c1-30(2)20-11-16(15-4-3-5-17(24)10-15)6-7-21(20)33-23-19(25)12-18(13-27-23)34(31,32)29-22-8-9-26-14-28-22/h3-5,8-10,12-14,16,20-21H,6-7,11H2,1-2H3,(H,26,28,29). The van der Waals surface area contributed by atoms with Crippen LogP contribution < -0.4 is 9.46 Å². The first-order valence-electron chi connectivity index (χ1n) is 10.8. The van der Waals surface area contributed by atoms with Crippen molar-refractivity contribution < 1.29 is 13.2 Å². The average molecular weight is 522 g/mol. The van der Waals surface area contributed by atoms with Crippen molar-refractivity contribution in [3.8, 4) is 5.88 Å². The number of hydrogen-bond donors (Lipinski definition) is 1. The number of halogens is 2. The minimum atomic E-state index is -3.91. The monoisotopic (exact) mass is 521 g/mol. The van der Waals surface area contributed by atoms with Crippen LogP contribution >= 0.6 is 23.2 Å². The number of pyridine rings is 1. The Bertz CT molecular complexity index is 1240. The van der Waals surface area contributed by atoms with E-state index in [0.717, 1.165) is 24.3 Å². The molecule has 1 aliphatic rings. The Morgan fingerprint density at radius 2 is 1.94 bits per heavy atom. The summed E-state index contributed by atoms with van der Waals surface area (Å²) < 4.78 is 33.9. The van der Waals surface area contributed by atoms with Crippen molar-refractivity contribution >= 4 is 39.0 Å². The summed E-state index contributed by atoms with van der Waals surface area (Å²) in [5.41, 5.74) is 1.22. The molecule has 0 amide bonds. The number of aromatic nitrogens is 3. The topological polar surface area (TPSA) is 97.3 Å². The number of anilines is 1. The van der Waals surface area contributed by atoms with Crippen molar-refractivity contribution in [1.82, 2.24) is 19.9 Å². The van der Waals surface area contributed by atoms with E-state index in [1.54, 1.807) is 0 Å². The average Bonchev–Trinajstić information content (AvgIpc) is 2.80. The third-order valence-electron chi connectivity index (χ3n) is 5.91. The van der Waals surface area contributed by atoms with E-state index < -0.39 is 10.0 Å². The lowest BCUT2D eigenvalue weighted by atomic mass is 9.79. The van der Waals surface area contributed by atoms with E-state index >= 15 is 0 Å². The van der Waals surface area contributed by atoms with Crippen molar-refractivity contribution in [3.63, 3.8) is 0 Å². The quantitative estimate of drug-likeness (QED) is 0.484. The molecule has 0 saturated heterocycles. The van der Waals surface area contributed by atoms with Crippen LogP contribution in [-0.4, -0.2) is 54.5 Å². The van der Waals surface area contributed by atoms with Crippen LogP contribution in [0.2, 0.25) is 10.0 Å². The lowest BCUT2D eigenvalue weighted by molar-refractivity contribution is 0.0514.